The third kappa shape index (κ3) is 4.05. The first-order chi connectivity index (χ1) is 3.25. The van der Waals surface area contributed by atoms with Gasteiger partial charge in [0.1, 0.15) is 0 Å². The van der Waals surface area contributed by atoms with Gasteiger partial charge in [-0.25, -0.2) is 0 Å². The predicted molar refractivity (Wildman–Crippen MR) is 36.5 cm³/mol. The van der Waals surface area contributed by atoms with Gasteiger partial charge in [0.15, 0.2) is 0 Å². The number of rotatable bonds is 1. The smallest absolute Gasteiger partial charge is 0.0274 e. The first kappa shape index (κ1) is 12.3. The average Bonchev–Trinajstić information content (AvgIpc) is 1.25. The first-order valence-electron chi connectivity index (χ1n) is 2.83. The van der Waals surface area contributed by atoms with E-state index >= 15 is 0 Å². The summed E-state index contributed by atoms with van der Waals surface area (Å²) in [6, 6.07) is 0. The summed E-state index contributed by atoms with van der Waals surface area (Å²) < 4.78 is 0. The van der Waals surface area contributed by atoms with E-state index in [-0.39, 0.29) is 31.5 Å². The van der Waals surface area contributed by atoms with Crippen LogP contribution in [0.2, 0.25) is 0 Å². The van der Waals surface area contributed by atoms with E-state index in [2.05, 4.69) is 0 Å². The fourth-order valence-corrected chi connectivity index (χ4v) is 0. The minimum atomic E-state index is -0.285. The van der Waals surface area contributed by atoms with Gasteiger partial charge >= 0.3 is 0 Å². The molecule has 4 N–H and O–H groups in total. The van der Waals surface area contributed by atoms with Gasteiger partial charge in [-0.1, -0.05) is 0 Å². The molecule has 0 saturated heterocycles. The van der Waals surface area contributed by atoms with E-state index in [1.54, 1.807) is 0 Å². The molecule has 0 aliphatic heterocycles. The fraction of sp³-hybridized carbons (Fsp3) is 1.00. The van der Waals surface area contributed by atoms with E-state index < -0.39 is 0 Å². The Labute approximate surface area is 71.0 Å². The van der Waals surface area contributed by atoms with Crippen LogP contribution in [0.15, 0.2) is 0 Å². The largest absolute Gasteiger partial charge is 0.324 e. The molecule has 0 aromatic carbocycles. The Bertz CT molecular complexity index is 66.0. The van der Waals surface area contributed by atoms with Gasteiger partial charge in [-0.05, 0) is 27.7 Å². The van der Waals surface area contributed by atoms with Crippen LogP contribution in [0.4, 0.5) is 0 Å². The molecule has 3 heteroatoms. The zero-order valence-electron chi connectivity index (χ0n) is 6.47. The molecule has 0 rings (SSSR count). The molecule has 0 aromatic heterocycles. The third-order valence-electron chi connectivity index (χ3n) is 1.66. The molecule has 0 atom stereocenters. The third-order valence-corrected chi connectivity index (χ3v) is 1.66. The van der Waals surface area contributed by atoms with E-state index in [1.807, 2.05) is 27.7 Å². The Kier molecular flexibility index (Phi) is 4.25. The molecule has 0 amide bonds. The SMILES string of the molecule is CC(C)(N)C(C)(C)N.[Pd]. The molecule has 0 unspecified atom stereocenters. The summed E-state index contributed by atoms with van der Waals surface area (Å²) >= 11 is 0. The van der Waals surface area contributed by atoms with Gasteiger partial charge in [-0.2, -0.15) is 0 Å². The molecule has 0 fully saturated rings. The molecule has 0 aromatic rings. The summed E-state index contributed by atoms with van der Waals surface area (Å²) in [5, 5.41) is 0. The summed E-state index contributed by atoms with van der Waals surface area (Å²) in [5.41, 5.74) is 10.8. The molecule has 0 heterocycles. The van der Waals surface area contributed by atoms with Gasteiger partial charge in [-0.15, -0.1) is 0 Å². The number of nitrogens with two attached hydrogens (primary N) is 2. The minimum Gasteiger partial charge on any atom is -0.324 e. The van der Waals surface area contributed by atoms with E-state index in [1.165, 1.54) is 0 Å². The summed E-state index contributed by atoms with van der Waals surface area (Å²) in [6.45, 7) is 7.69. The van der Waals surface area contributed by atoms with Crippen molar-refractivity contribution in [2.45, 2.75) is 38.8 Å². The van der Waals surface area contributed by atoms with Crippen molar-refractivity contribution in [3.8, 4) is 0 Å². The summed E-state index contributed by atoms with van der Waals surface area (Å²) in [7, 11) is 0. The maximum atomic E-state index is 5.69. The van der Waals surface area contributed by atoms with Crippen LogP contribution in [0, 0.1) is 0 Å². The molecule has 60 valence electrons. The quantitative estimate of drug-likeness (QED) is 0.634. The van der Waals surface area contributed by atoms with Crippen LogP contribution in [-0.2, 0) is 20.4 Å². The second kappa shape index (κ2) is 3.12. The van der Waals surface area contributed by atoms with Crippen molar-refractivity contribution in [2.24, 2.45) is 11.5 Å². The van der Waals surface area contributed by atoms with Gasteiger partial charge in [0.05, 0.1) is 0 Å². The average molecular weight is 223 g/mol. The van der Waals surface area contributed by atoms with Gasteiger partial charge < -0.3 is 11.5 Å². The Morgan fingerprint density at radius 1 is 0.778 bits per heavy atom. The van der Waals surface area contributed by atoms with Gasteiger partial charge in [-0.3, -0.25) is 0 Å². The van der Waals surface area contributed by atoms with E-state index in [4.69, 9.17) is 11.5 Å². The predicted octanol–water partition coefficient (Wildman–Crippen LogP) is 0.459. The summed E-state index contributed by atoms with van der Waals surface area (Å²) in [5.74, 6) is 0. The Hall–Kier alpha value is 0.582. The second-order valence-corrected chi connectivity index (χ2v) is 3.44. The molecular formula is C6H16N2Pd. The van der Waals surface area contributed by atoms with E-state index in [9.17, 15) is 0 Å². The topological polar surface area (TPSA) is 52.0 Å². The van der Waals surface area contributed by atoms with Crippen LogP contribution >= 0.6 is 0 Å². The monoisotopic (exact) mass is 222 g/mol. The first-order valence-corrected chi connectivity index (χ1v) is 2.83. The van der Waals surface area contributed by atoms with E-state index in [0.29, 0.717) is 0 Å². The van der Waals surface area contributed by atoms with Crippen LogP contribution in [0.25, 0.3) is 0 Å². The molecule has 0 saturated carbocycles. The molecule has 0 bridgehead atoms. The normalized spacial score (nSPS) is 12.7. The molecule has 0 radical (unpaired) electrons. The van der Waals surface area contributed by atoms with Crippen LogP contribution in [0.3, 0.4) is 0 Å². The maximum Gasteiger partial charge on any atom is 0.0274 e. The molecule has 0 aliphatic carbocycles. The zero-order valence-corrected chi connectivity index (χ0v) is 8.03. The molecule has 2 nitrogen and oxygen atoms in total. The Morgan fingerprint density at radius 2 is 0.889 bits per heavy atom. The van der Waals surface area contributed by atoms with Crippen molar-refractivity contribution in [3.05, 3.63) is 0 Å². The standard InChI is InChI=1S/C6H16N2.Pd/c1-5(2,7)6(3,4)8;/h7-8H2,1-4H3;. The molecular weight excluding hydrogens is 206 g/mol. The maximum absolute atomic E-state index is 5.69. The van der Waals surface area contributed by atoms with Crippen molar-refractivity contribution in [1.29, 1.82) is 0 Å². The molecule has 9 heavy (non-hydrogen) atoms. The van der Waals surface area contributed by atoms with Crippen LogP contribution in [0.1, 0.15) is 27.7 Å². The van der Waals surface area contributed by atoms with Crippen LogP contribution in [0.5, 0.6) is 0 Å². The Balaban J connectivity index is 0. The minimum absolute atomic E-state index is 0. The van der Waals surface area contributed by atoms with Gasteiger partial charge in [0.25, 0.3) is 0 Å². The van der Waals surface area contributed by atoms with Crippen LogP contribution in [-0.4, -0.2) is 11.1 Å². The number of hydrogen-bond acceptors (Lipinski definition) is 2. The van der Waals surface area contributed by atoms with Crippen LogP contribution < -0.4 is 11.5 Å². The van der Waals surface area contributed by atoms with Gasteiger partial charge in [0, 0.05) is 31.5 Å². The van der Waals surface area contributed by atoms with Crippen molar-refractivity contribution >= 4 is 0 Å². The van der Waals surface area contributed by atoms with E-state index in [0.717, 1.165) is 0 Å². The fourth-order valence-electron chi connectivity index (χ4n) is 0. The summed E-state index contributed by atoms with van der Waals surface area (Å²) in [6.07, 6.45) is 0. The van der Waals surface area contributed by atoms with Crippen molar-refractivity contribution in [3.63, 3.8) is 0 Å². The second-order valence-electron chi connectivity index (χ2n) is 3.44. The van der Waals surface area contributed by atoms with Gasteiger partial charge in [0.2, 0.25) is 0 Å². The zero-order chi connectivity index (χ0) is 7.00. The van der Waals surface area contributed by atoms with Crippen molar-refractivity contribution < 1.29 is 20.4 Å². The van der Waals surface area contributed by atoms with Crippen molar-refractivity contribution in [2.75, 3.05) is 0 Å². The number of hydrogen-bond donors (Lipinski definition) is 2. The molecule has 0 aliphatic rings. The van der Waals surface area contributed by atoms with Crippen molar-refractivity contribution in [1.82, 2.24) is 0 Å². The Morgan fingerprint density at radius 3 is 0.889 bits per heavy atom. The molecule has 0 spiro atoms. The summed E-state index contributed by atoms with van der Waals surface area (Å²) in [4.78, 5) is 0.